The predicted octanol–water partition coefficient (Wildman–Crippen LogP) is 4.13. The molecule has 0 saturated heterocycles. The summed E-state index contributed by atoms with van der Waals surface area (Å²) in [4.78, 5) is 25.0. The van der Waals surface area contributed by atoms with Crippen molar-refractivity contribution >= 4 is 17.5 Å². The first-order valence-corrected chi connectivity index (χ1v) is 10.5. The molecule has 0 heterocycles. The molecule has 0 aliphatic rings. The zero-order chi connectivity index (χ0) is 22.2. The predicted molar refractivity (Wildman–Crippen MR) is 125 cm³/mol. The average molecular weight is 416 g/mol. The van der Waals surface area contributed by atoms with Crippen LogP contribution in [0.3, 0.4) is 0 Å². The molecule has 0 saturated carbocycles. The number of rotatable bonds is 8. The van der Waals surface area contributed by atoms with E-state index in [2.05, 4.69) is 16.0 Å². The van der Waals surface area contributed by atoms with Gasteiger partial charge >= 0.3 is 0 Å². The Bertz CT molecular complexity index is 960. The van der Waals surface area contributed by atoms with E-state index in [1.165, 1.54) is 0 Å². The van der Waals surface area contributed by atoms with E-state index >= 15 is 0 Å². The number of para-hydroxylation sites is 1. The first-order valence-electron chi connectivity index (χ1n) is 10.5. The quantitative estimate of drug-likeness (QED) is 0.518. The molecule has 0 aliphatic heterocycles. The molecule has 3 aromatic rings. The van der Waals surface area contributed by atoms with E-state index in [-0.39, 0.29) is 24.4 Å². The van der Waals surface area contributed by atoms with E-state index in [1.54, 1.807) is 6.92 Å². The summed E-state index contributed by atoms with van der Waals surface area (Å²) >= 11 is 0. The third-order valence-electron chi connectivity index (χ3n) is 5.24. The molecule has 0 aromatic heterocycles. The Morgan fingerprint density at radius 3 is 1.81 bits per heavy atom. The van der Waals surface area contributed by atoms with Crippen LogP contribution in [0.2, 0.25) is 0 Å². The number of nitrogens with one attached hydrogen (secondary N) is 3. The molecule has 0 radical (unpaired) electrons. The minimum atomic E-state index is -0.488. The summed E-state index contributed by atoms with van der Waals surface area (Å²) in [6.07, 6.45) is 0. The standard InChI is InChI=1S/C26H29N3O2/c1-18-11-10-12-19(2)24(18)29-23(30)17-27-26(31)20(3)28-25(21-13-6-4-7-14-21)22-15-8-5-9-16-22/h4-16,20,25,28H,17H2,1-3H3,(H,27,31)(H,29,30)/t20-/m0/s1. The zero-order valence-corrected chi connectivity index (χ0v) is 18.2. The molecule has 0 spiro atoms. The number of benzene rings is 3. The number of anilines is 1. The highest BCUT2D eigenvalue weighted by atomic mass is 16.2. The average Bonchev–Trinajstić information content (AvgIpc) is 2.79. The molecule has 160 valence electrons. The third-order valence-corrected chi connectivity index (χ3v) is 5.24. The fourth-order valence-electron chi connectivity index (χ4n) is 3.52. The van der Waals surface area contributed by atoms with Crippen LogP contribution in [0, 0.1) is 13.8 Å². The second-order valence-electron chi connectivity index (χ2n) is 7.68. The van der Waals surface area contributed by atoms with Crippen LogP contribution in [0.5, 0.6) is 0 Å². The van der Waals surface area contributed by atoms with Crippen molar-refractivity contribution < 1.29 is 9.59 Å². The van der Waals surface area contributed by atoms with Gasteiger partial charge < -0.3 is 10.6 Å². The number of carbonyl (C=O) groups excluding carboxylic acids is 2. The van der Waals surface area contributed by atoms with Gasteiger partial charge in [-0.1, -0.05) is 78.9 Å². The number of hydrogen-bond acceptors (Lipinski definition) is 3. The Labute approximate surface area is 183 Å². The van der Waals surface area contributed by atoms with Gasteiger partial charge in [0.1, 0.15) is 0 Å². The maximum absolute atomic E-state index is 12.7. The molecule has 3 rings (SSSR count). The van der Waals surface area contributed by atoms with Crippen LogP contribution in [-0.2, 0) is 9.59 Å². The SMILES string of the molecule is Cc1cccc(C)c1NC(=O)CNC(=O)[C@H](C)NC(c1ccccc1)c1ccccc1. The second kappa shape index (κ2) is 10.5. The fraction of sp³-hybridized carbons (Fsp3) is 0.231. The lowest BCUT2D eigenvalue weighted by Crippen LogP contribution is -2.46. The van der Waals surface area contributed by atoms with Crippen LogP contribution in [0.15, 0.2) is 78.9 Å². The lowest BCUT2D eigenvalue weighted by Gasteiger charge is -2.24. The summed E-state index contributed by atoms with van der Waals surface area (Å²) in [5, 5.41) is 9.02. The number of aryl methyl sites for hydroxylation is 2. The van der Waals surface area contributed by atoms with Gasteiger partial charge in [0.15, 0.2) is 0 Å². The smallest absolute Gasteiger partial charge is 0.243 e. The van der Waals surface area contributed by atoms with Gasteiger partial charge in [-0.25, -0.2) is 0 Å². The highest BCUT2D eigenvalue weighted by Gasteiger charge is 2.21. The largest absolute Gasteiger partial charge is 0.346 e. The first kappa shape index (κ1) is 22.2. The Morgan fingerprint density at radius 2 is 1.29 bits per heavy atom. The molecule has 3 aromatic carbocycles. The normalized spacial score (nSPS) is 11.7. The van der Waals surface area contributed by atoms with Gasteiger partial charge in [0.25, 0.3) is 0 Å². The molecule has 0 unspecified atom stereocenters. The van der Waals surface area contributed by atoms with Crippen molar-refractivity contribution in [1.82, 2.24) is 10.6 Å². The molecule has 5 heteroatoms. The zero-order valence-electron chi connectivity index (χ0n) is 18.2. The van der Waals surface area contributed by atoms with Gasteiger partial charge in [0.2, 0.25) is 11.8 Å². The van der Waals surface area contributed by atoms with E-state index in [0.29, 0.717) is 0 Å². The Balaban J connectivity index is 1.61. The van der Waals surface area contributed by atoms with E-state index in [1.807, 2.05) is 92.7 Å². The summed E-state index contributed by atoms with van der Waals surface area (Å²) < 4.78 is 0. The van der Waals surface area contributed by atoms with E-state index in [9.17, 15) is 9.59 Å². The molecule has 5 nitrogen and oxygen atoms in total. The maximum atomic E-state index is 12.7. The van der Waals surface area contributed by atoms with E-state index in [4.69, 9.17) is 0 Å². The van der Waals surface area contributed by atoms with Crippen molar-refractivity contribution in [2.75, 3.05) is 11.9 Å². The summed E-state index contributed by atoms with van der Waals surface area (Å²) in [5.41, 5.74) is 4.91. The molecule has 0 fully saturated rings. The van der Waals surface area contributed by atoms with Crippen molar-refractivity contribution in [2.24, 2.45) is 0 Å². The van der Waals surface area contributed by atoms with Crippen molar-refractivity contribution in [3.8, 4) is 0 Å². The Hall–Kier alpha value is -3.44. The topological polar surface area (TPSA) is 70.2 Å². The third kappa shape index (κ3) is 6.03. The molecule has 1 atom stereocenters. The van der Waals surface area contributed by atoms with Crippen molar-refractivity contribution in [3.05, 3.63) is 101 Å². The maximum Gasteiger partial charge on any atom is 0.243 e. The van der Waals surface area contributed by atoms with Gasteiger partial charge in [-0.15, -0.1) is 0 Å². The van der Waals surface area contributed by atoms with Crippen LogP contribution in [0.25, 0.3) is 0 Å². The fourth-order valence-corrected chi connectivity index (χ4v) is 3.52. The highest BCUT2D eigenvalue weighted by molar-refractivity contribution is 5.96. The minimum Gasteiger partial charge on any atom is -0.346 e. The van der Waals surface area contributed by atoms with Crippen LogP contribution >= 0.6 is 0 Å². The lowest BCUT2D eigenvalue weighted by molar-refractivity contribution is -0.125. The van der Waals surface area contributed by atoms with Crippen LogP contribution in [-0.4, -0.2) is 24.4 Å². The van der Waals surface area contributed by atoms with Gasteiger partial charge in [0, 0.05) is 5.69 Å². The highest BCUT2D eigenvalue weighted by Crippen LogP contribution is 2.22. The van der Waals surface area contributed by atoms with Crippen LogP contribution in [0.1, 0.15) is 35.2 Å². The molecular weight excluding hydrogens is 386 g/mol. The molecule has 0 aliphatic carbocycles. The molecule has 2 amide bonds. The molecule has 0 bridgehead atoms. The van der Waals surface area contributed by atoms with Gasteiger partial charge in [-0.05, 0) is 43.0 Å². The molecular formula is C26H29N3O2. The Morgan fingerprint density at radius 1 is 0.774 bits per heavy atom. The van der Waals surface area contributed by atoms with E-state index < -0.39 is 6.04 Å². The summed E-state index contributed by atoms with van der Waals surface area (Å²) in [7, 11) is 0. The number of amides is 2. The summed E-state index contributed by atoms with van der Waals surface area (Å²) in [6, 6.07) is 25.2. The van der Waals surface area contributed by atoms with Gasteiger partial charge in [0.05, 0.1) is 18.6 Å². The number of carbonyl (C=O) groups is 2. The van der Waals surface area contributed by atoms with E-state index in [0.717, 1.165) is 27.9 Å². The summed E-state index contributed by atoms with van der Waals surface area (Å²) in [5.74, 6) is -0.478. The Kier molecular flexibility index (Phi) is 7.57. The molecule has 31 heavy (non-hydrogen) atoms. The minimum absolute atomic E-state index is 0.0834. The van der Waals surface area contributed by atoms with Gasteiger partial charge in [-0.2, -0.15) is 0 Å². The van der Waals surface area contributed by atoms with Crippen LogP contribution < -0.4 is 16.0 Å². The van der Waals surface area contributed by atoms with Crippen LogP contribution in [0.4, 0.5) is 5.69 Å². The van der Waals surface area contributed by atoms with Gasteiger partial charge in [-0.3, -0.25) is 14.9 Å². The first-order chi connectivity index (χ1) is 15.0. The van der Waals surface area contributed by atoms with Crippen molar-refractivity contribution in [1.29, 1.82) is 0 Å². The molecule has 3 N–H and O–H groups in total. The summed E-state index contributed by atoms with van der Waals surface area (Å²) in [6.45, 7) is 5.61. The lowest BCUT2D eigenvalue weighted by atomic mass is 9.98. The van der Waals surface area contributed by atoms with Crippen molar-refractivity contribution in [3.63, 3.8) is 0 Å². The second-order valence-corrected chi connectivity index (χ2v) is 7.68. The van der Waals surface area contributed by atoms with Crippen molar-refractivity contribution in [2.45, 2.75) is 32.9 Å². The monoisotopic (exact) mass is 415 g/mol. The number of hydrogen-bond donors (Lipinski definition) is 3.